The van der Waals surface area contributed by atoms with Crippen molar-refractivity contribution < 1.29 is 0 Å². The normalized spacial score (nSPS) is 28.3. The highest BCUT2D eigenvalue weighted by atomic mass is 15.1. The van der Waals surface area contributed by atoms with E-state index in [9.17, 15) is 0 Å². The Labute approximate surface area is 88.8 Å². The molecule has 2 N–H and O–H groups in total. The Balaban J connectivity index is 2.38. The molecule has 2 heteroatoms. The van der Waals surface area contributed by atoms with Crippen LogP contribution in [-0.2, 0) is 0 Å². The molecule has 0 aromatic carbocycles. The van der Waals surface area contributed by atoms with E-state index in [2.05, 4.69) is 18.7 Å². The second-order valence-electron chi connectivity index (χ2n) is 4.49. The van der Waals surface area contributed by atoms with Crippen LogP contribution in [0.25, 0.3) is 0 Å². The van der Waals surface area contributed by atoms with Gasteiger partial charge in [0.25, 0.3) is 0 Å². The summed E-state index contributed by atoms with van der Waals surface area (Å²) in [6.07, 6.45) is 6.85. The zero-order chi connectivity index (χ0) is 10.4. The molecule has 2 nitrogen and oxygen atoms in total. The van der Waals surface area contributed by atoms with Crippen LogP contribution in [-0.4, -0.2) is 30.6 Å². The van der Waals surface area contributed by atoms with Crippen molar-refractivity contribution >= 4 is 0 Å². The van der Waals surface area contributed by atoms with Crippen LogP contribution in [0.5, 0.6) is 0 Å². The zero-order valence-corrected chi connectivity index (χ0v) is 9.84. The summed E-state index contributed by atoms with van der Waals surface area (Å²) < 4.78 is 0. The molecule has 14 heavy (non-hydrogen) atoms. The third-order valence-electron chi connectivity index (χ3n) is 3.66. The number of rotatable bonds is 5. The summed E-state index contributed by atoms with van der Waals surface area (Å²) in [7, 11) is 0. The molecule has 0 bridgehead atoms. The highest BCUT2D eigenvalue weighted by molar-refractivity contribution is 4.79. The predicted octanol–water partition coefficient (Wildman–Crippen LogP) is 2.24. The summed E-state index contributed by atoms with van der Waals surface area (Å²) in [6.45, 7) is 7.83. The first-order valence-electron chi connectivity index (χ1n) is 6.25. The molecule has 1 rings (SSSR count). The molecule has 1 saturated carbocycles. The van der Waals surface area contributed by atoms with Crippen molar-refractivity contribution in [3.63, 3.8) is 0 Å². The van der Waals surface area contributed by atoms with Crippen molar-refractivity contribution in [3.05, 3.63) is 0 Å². The fourth-order valence-corrected chi connectivity index (χ4v) is 2.83. The molecule has 84 valence electrons. The van der Waals surface area contributed by atoms with Crippen molar-refractivity contribution in [2.75, 3.05) is 19.6 Å². The molecular formula is C12H26N2. The fraction of sp³-hybridized carbons (Fsp3) is 1.00. The monoisotopic (exact) mass is 198 g/mol. The molecule has 1 aliphatic carbocycles. The van der Waals surface area contributed by atoms with E-state index in [1.165, 1.54) is 45.2 Å². The fourth-order valence-electron chi connectivity index (χ4n) is 2.83. The SMILES string of the molecule is CCN(CC)C1CCCC(CCN)C1. The van der Waals surface area contributed by atoms with Crippen LogP contribution in [0, 0.1) is 5.92 Å². The Bertz CT molecular complexity index is 141. The van der Waals surface area contributed by atoms with Crippen molar-refractivity contribution in [2.45, 2.75) is 52.0 Å². The van der Waals surface area contributed by atoms with Crippen LogP contribution in [0.1, 0.15) is 46.0 Å². The third-order valence-corrected chi connectivity index (χ3v) is 3.66. The first kappa shape index (κ1) is 12.0. The largest absolute Gasteiger partial charge is 0.330 e. The minimum atomic E-state index is 0.843. The van der Waals surface area contributed by atoms with E-state index in [4.69, 9.17) is 5.73 Å². The van der Waals surface area contributed by atoms with E-state index in [1.807, 2.05) is 0 Å². The molecule has 0 saturated heterocycles. The highest BCUT2D eigenvalue weighted by Gasteiger charge is 2.24. The van der Waals surface area contributed by atoms with Crippen molar-refractivity contribution in [1.29, 1.82) is 0 Å². The van der Waals surface area contributed by atoms with E-state index in [0.717, 1.165) is 18.5 Å². The van der Waals surface area contributed by atoms with Gasteiger partial charge < -0.3 is 10.6 Å². The van der Waals surface area contributed by atoms with E-state index >= 15 is 0 Å². The van der Waals surface area contributed by atoms with Gasteiger partial charge in [-0.15, -0.1) is 0 Å². The summed E-state index contributed by atoms with van der Waals surface area (Å²) in [6, 6.07) is 0.843. The van der Waals surface area contributed by atoms with Gasteiger partial charge in [0.05, 0.1) is 0 Å². The van der Waals surface area contributed by atoms with Gasteiger partial charge >= 0.3 is 0 Å². The molecule has 0 amide bonds. The first-order valence-corrected chi connectivity index (χ1v) is 6.25. The molecule has 0 aliphatic heterocycles. The lowest BCUT2D eigenvalue weighted by molar-refractivity contribution is 0.139. The van der Waals surface area contributed by atoms with Gasteiger partial charge in [-0.1, -0.05) is 26.7 Å². The van der Waals surface area contributed by atoms with Crippen LogP contribution in [0.3, 0.4) is 0 Å². The Kier molecular flexibility index (Phi) is 5.49. The Morgan fingerprint density at radius 1 is 1.21 bits per heavy atom. The van der Waals surface area contributed by atoms with Gasteiger partial charge in [0.1, 0.15) is 0 Å². The Morgan fingerprint density at radius 3 is 2.50 bits per heavy atom. The number of hydrogen-bond acceptors (Lipinski definition) is 2. The topological polar surface area (TPSA) is 29.3 Å². The van der Waals surface area contributed by atoms with Gasteiger partial charge in [-0.2, -0.15) is 0 Å². The van der Waals surface area contributed by atoms with Crippen molar-refractivity contribution in [2.24, 2.45) is 11.7 Å². The number of nitrogens with two attached hydrogens (primary N) is 1. The Hall–Kier alpha value is -0.0800. The maximum atomic E-state index is 5.63. The van der Waals surface area contributed by atoms with Gasteiger partial charge in [-0.3, -0.25) is 0 Å². The summed E-state index contributed by atoms with van der Waals surface area (Å²) in [5.74, 6) is 0.902. The number of nitrogens with zero attached hydrogens (tertiary/aromatic N) is 1. The molecule has 0 spiro atoms. The van der Waals surface area contributed by atoms with Gasteiger partial charge in [-0.25, -0.2) is 0 Å². The standard InChI is InChI=1S/C12H26N2/c1-3-14(4-2)12-7-5-6-11(10-12)8-9-13/h11-12H,3-10,13H2,1-2H3. The van der Waals surface area contributed by atoms with E-state index < -0.39 is 0 Å². The highest BCUT2D eigenvalue weighted by Crippen LogP contribution is 2.29. The Morgan fingerprint density at radius 2 is 1.93 bits per heavy atom. The van der Waals surface area contributed by atoms with Crippen LogP contribution < -0.4 is 5.73 Å². The third kappa shape index (κ3) is 3.25. The van der Waals surface area contributed by atoms with Gasteiger partial charge in [0, 0.05) is 6.04 Å². The summed E-state index contributed by atoms with van der Waals surface area (Å²) in [4.78, 5) is 2.61. The second kappa shape index (κ2) is 6.41. The maximum Gasteiger partial charge on any atom is 0.00976 e. The first-order chi connectivity index (χ1) is 6.81. The van der Waals surface area contributed by atoms with Crippen molar-refractivity contribution in [3.8, 4) is 0 Å². The van der Waals surface area contributed by atoms with E-state index in [1.54, 1.807) is 0 Å². The minimum Gasteiger partial charge on any atom is -0.330 e. The zero-order valence-electron chi connectivity index (χ0n) is 9.84. The van der Waals surface area contributed by atoms with Crippen molar-refractivity contribution in [1.82, 2.24) is 4.90 Å². The lowest BCUT2D eigenvalue weighted by Gasteiger charge is -2.36. The smallest absolute Gasteiger partial charge is 0.00976 e. The lowest BCUT2D eigenvalue weighted by Crippen LogP contribution is -2.38. The van der Waals surface area contributed by atoms with E-state index in [0.29, 0.717) is 0 Å². The lowest BCUT2D eigenvalue weighted by atomic mass is 9.83. The summed E-state index contributed by atoms with van der Waals surface area (Å²) in [5, 5.41) is 0. The molecular weight excluding hydrogens is 172 g/mol. The van der Waals surface area contributed by atoms with Gasteiger partial charge in [0.2, 0.25) is 0 Å². The molecule has 2 atom stereocenters. The van der Waals surface area contributed by atoms with Crippen LogP contribution in [0.15, 0.2) is 0 Å². The molecule has 0 radical (unpaired) electrons. The van der Waals surface area contributed by atoms with Gasteiger partial charge in [0.15, 0.2) is 0 Å². The molecule has 0 aromatic rings. The maximum absolute atomic E-state index is 5.63. The van der Waals surface area contributed by atoms with Crippen LogP contribution in [0.4, 0.5) is 0 Å². The number of hydrogen-bond donors (Lipinski definition) is 1. The molecule has 1 fully saturated rings. The van der Waals surface area contributed by atoms with Gasteiger partial charge in [-0.05, 0) is 44.8 Å². The van der Waals surface area contributed by atoms with Crippen LogP contribution >= 0.6 is 0 Å². The molecule has 0 aromatic heterocycles. The average molecular weight is 198 g/mol. The second-order valence-corrected chi connectivity index (χ2v) is 4.49. The average Bonchev–Trinajstić information content (AvgIpc) is 2.21. The molecule has 1 aliphatic rings. The molecule has 0 heterocycles. The predicted molar refractivity (Wildman–Crippen MR) is 62.3 cm³/mol. The minimum absolute atomic E-state index is 0.843. The quantitative estimate of drug-likeness (QED) is 0.734. The van der Waals surface area contributed by atoms with Crippen LogP contribution in [0.2, 0.25) is 0 Å². The summed E-state index contributed by atoms with van der Waals surface area (Å²) >= 11 is 0. The molecule has 2 unspecified atom stereocenters. The summed E-state index contributed by atoms with van der Waals surface area (Å²) in [5.41, 5.74) is 5.63. The van der Waals surface area contributed by atoms with E-state index in [-0.39, 0.29) is 0 Å².